The molecule has 124 valence electrons. The Morgan fingerprint density at radius 1 is 1.00 bits per heavy atom. The number of ether oxygens (including phenoxy) is 1. The largest absolute Gasteiger partial charge is 0.494 e. The number of aromatic nitrogens is 1. The predicted molar refractivity (Wildman–Crippen MR) is 103 cm³/mol. The van der Waals surface area contributed by atoms with Crippen LogP contribution in [-0.2, 0) is 0 Å². The molecular formula is C20H22N2OS. The molecule has 0 aliphatic carbocycles. The average Bonchev–Trinajstić information content (AvgIpc) is 3.01. The molecule has 0 radical (unpaired) electrons. The van der Waals surface area contributed by atoms with Gasteiger partial charge in [-0.05, 0) is 74.7 Å². The van der Waals surface area contributed by atoms with Gasteiger partial charge in [0, 0.05) is 16.6 Å². The summed E-state index contributed by atoms with van der Waals surface area (Å²) in [6.45, 7) is 9.09. The van der Waals surface area contributed by atoms with Gasteiger partial charge in [0.15, 0.2) is 5.13 Å². The molecule has 3 nitrogen and oxygen atoms in total. The zero-order chi connectivity index (χ0) is 17.1. The summed E-state index contributed by atoms with van der Waals surface area (Å²) in [5.74, 6) is 0.883. The molecule has 0 aliphatic heterocycles. The average molecular weight is 338 g/mol. The number of benzene rings is 2. The first-order valence-corrected chi connectivity index (χ1v) is 8.98. The molecule has 3 rings (SSSR count). The minimum Gasteiger partial charge on any atom is -0.494 e. The molecule has 0 unspecified atom stereocenters. The van der Waals surface area contributed by atoms with Crippen molar-refractivity contribution in [3.63, 3.8) is 0 Å². The van der Waals surface area contributed by atoms with Crippen molar-refractivity contribution in [3.05, 3.63) is 58.5 Å². The van der Waals surface area contributed by atoms with Crippen LogP contribution < -0.4 is 10.1 Å². The highest BCUT2D eigenvalue weighted by Crippen LogP contribution is 2.31. The lowest BCUT2D eigenvalue weighted by Crippen LogP contribution is -1.93. The SMILES string of the molecule is CCOc1ccc(Nc2nc(-c3cc(C)c(C)cc3C)cs2)cc1. The summed E-state index contributed by atoms with van der Waals surface area (Å²) >= 11 is 1.62. The topological polar surface area (TPSA) is 34.1 Å². The van der Waals surface area contributed by atoms with Crippen LogP contribution in [0.25, 0.3) is 11.3 Å². The minimum absolute atomic E-state index is 0.679. The Kier molecular flexibility index (Phi) is 4.86. The van der Waals surface area contributed by atoms with Gasteiger partial charge in [0.05, 0.1) is 12.3 Å². The third kappa shape index (κ3) is 3.60. The van der Waals surface area contributed by atoms with Crippen molar-refractivity contribution < 1.29 is 4.74 Å². The van der Waals surface area contributed by atoms with Crippen LogP contribution >= 0.6 is 11.3 Å². The van der Waals surface area contributed by atoms with Crippen molar-refractivity contribution in [3.8, 4) is 17.0 Å². The summed E-state index contributed by atoms with van der Waals surface area (Å²) in [4.78, 5) is 4.74. The molecule has 0 spiro atoms. The van der Waals surface area contributed by atoms with Crippen molar-refractivity contribution in [1.82, 2.24) is 4.98 Å². The van der Waals surface area contributed by atoms with Crippen LogP contribution in [0.4, 0.5) is 10.8 Å². The maximum absolute atomic E-state index is 5.47. The summed E-state index contributed by atoms with van der Waals surface area (Å²) < 4.78 is 5.47. The standard InChI is InChI=1S/C20H22N2OS/c1-5-23-17-8-6-16(7-9-17)21-20-22-19(12-24-20)18-11-14(3)13(2)10-15(18)4/h6-12H,5H2,1-4H3,(H,21,22). The maximum atomic E-state index is 5.47. The molecule has 0 atom stereocenters. The highest BCUT2D eigenvalue weighted by molar-refractivity contribution is 7.14. The van der Waals surface area contributed by atoms with Gasteiger partial charge < -0.3 is 10.1 Å². The molecule has 0 fully saturated rings. The van der Waals surface area contributed by atoms with Crippen LogP contribution in [0.1, 0.15) is 23.6 Å². The lowest BCUT2D eigenvalue weighted by molar-refractivity contribution is 0.340. The Morgan fingerprint density at radius 2 is 1.71 bits per heavy atom. The maximum Gasteiger partial charge on any atom is 0.187 e. The van der Waals surface area contributed by atoms with Gasteiger partial charge in [0.2, 0.25) is 0 Å². The smallest absolute Gasteiger partial charge is 0.187 e. The van der Waals surface area contributed by atoms with Crippen molar-refractivity contribution in [2.45, 2.75) is 27.7 Å². The normalized spacial score (nSPS) is 10.7. The second kappa shape index (κ2) is 7.05. The summed E-state index contributed by atoms with van der Waals surface area (Å²) in [5, 5.41) is 6.36. The Bertz CT molecular complexity index is 837. The van der Waals surface area contributed by atoms with Crippen LogP contribution in [0.5, 0.6) is 5.75 Å². The predicted octanol–water partition coefficient (Wildman–Crippen LogP) is 5.88. The van der Waals surface area contributed by atoms with Gasteiger partial charge in [-0.25, -0.2) is 4.98 Å². The highest BCUT2D eigenvalue weighted by Gasteiger charge is 2.09. The minimum atomic E-state index is 0.679. The molecule has 0 saturated heterocycles. The van der Waals surface area contributed by atoms with E-state index in [2.05, 4.69) is 43.6 Å². The van der Waals surface area contributed by atoms with E-state index in [1.165, 1.54) is 22.3 Å². The molecule has 24 heavy (non-hydrogen) atoms. The van der Waals surface area contributed by atoms with Crippen molar-refractivity contribution in [2.75, 3.05) is 11.9 Å². The number of nitrogens with one attached hydrogen (secondary N) is 1. The first kappa shape index (κ1) is 16.5. The Labute approximate surface area is 147 Å². The quantitative estimate of drug-likeness (QED) is 0.631. The molecule has 0 saturated carbocycles. The molecule has 0 amide bonds. The van der Waals surface area contributed by atoms with Crippen molar-refractivity contribution in [1.29, 1.82) is 0 Å². The fourth-order valence-electron chi connectivity index (χ4n) is 2.62. The van der Waals surface area contributed by atoms with E-state index in [9.17, 15) is 0 Å². The first-order chi connectivity index (χ1) is 11.6. The van der Waals surface area contributed by atoms with Gasteiger partial charge in [-0.15, -0.1) is 11.3 Å². The first-order valence-electron chi connectivity index (χ1n) is 8.10. The number of rotatable bonds is 5. The second-order valence-electron chi connectivity index (χ2n) is 5.87. The molecule has 1 aromatic heterocycles. The van der Waals surface area contributed by atoms with E-state index >= 15 is 0 Å². The zero-order valence-electron chi connectivity index (χ0n) is 14.5. The van der Waals surface area contributed by atoms with Crippen LogP contribution in [0.2, 0.25) is 0 Å². The van der Waals surface area contributed by atoms with E-state index in [0.717, 1.165) is 22.3 Å². The lowest BCUT2D eigenvalue weighted by Gasteiger charge is -2.08. The number of aryl methyl sites for hydroxylation is 3. The van der Waals surface area contributed by atoms with E-state index in [1.807, 2.05) is 31.2 Å². The molecule has 2 aromatic carbocycles. The van der Waals surface area contributed by atoms with Crippen molar-refractivity contribution in [2.24, 2.45) is 0 Å². The lowest BCUT2D eigenvalue weighted by atomic mass is 9.99. The van der Waals surface area contributed by atoms with Gasteiger partial charge in [0.1, 0.15) is 5.75 Å². The second-order valence-corrected chi connectivity index (χ2v) is 6.73. The number of nitrogens with zero attached hydrogens (tertiary/aromatic N) is 1. The fraction of sp³-hybridized carbons (Fsp3) is 0.250. The number of hydrogen-bond donors (Lipinski definition) is 1. The zero-order valence-corrected chi connectivity index (χ0v) is 15.3. The number of anilines is 2. The molecule has 0 bridgehead atoms. The highest BCUT2D eigenvalue weighted by atomic mass is 32.1. The molecule has 4 heteroatoms. The van der Waals surface area contributed by atoms with E-state index < -0.39 is 0 Å². The van der Waals surface area contributed by atoms with Crippen LogP contribution in [0, 0.1) is 20.8 Å². The molecule has 3 aromatic rings. The summed E-state index contributed by atoms with van der Waals surface area (Å²) in [7, 11) is 0. The van der Waals surface area contributed by atoms with Gasteiger partial charge in [-0.3, -0.25) is 0 Å². The molecule has 0 aliphatic rings. The Morgan fingerprint density at radius 3 is 2.42 bits per heavy atom. The van der Waals surface area contributed by atoms with Crippen LogP contribution in [0.3, 0.4) is 0 Å². The third-order valence-corrected chi connectivity index (χ3v) is 4.80. The van der Waals surface area contributed by atoms with Crippen molar-refractivity contribution >= 4 is 22.2 Å². The fourth-order valence-corrected chi connectivity index (χ4v) is 3.35. The van der Waals surface area contributed by atoms with Gasteiger partial charge >= 0.3 is 0 Å². The molecule has 1 heterocycles. The number of thiazole rings is 1. The van der Waals surface area contributed by atoms with Gasteiger partial charge in [-0.1, -0.05) is 6.07 Å². The Hall–Kier alpha value is -2.33. The summed E-state index contributed by atoms with van der Waals surface area (Å²) in [6.07, 6.45) is 0. The molecule has 1 N–H and O–H groups in total. The number of hydrogen-bond acceptors (Lipinski definition) is 4. The van der Waals surface area contributed by atoms with Crippen LogP contribution in [-0.4, -0.2) is 11.6 Å². The summed E-state index contributed by atoms with van der Waals surface area (Å²) in [6, 6.07) is 12.4. The summed E-state index contributed by atoms with van der Waals surface area (Å²) in [5.41, 5.74) is 7.11. The monoisotopic (exact) mass is 338 g/mol. The molecular weight excluding hydrogens is 316 g/mol. The van der Waals surface area contributed by atoms with E-state index in [1.54, 1.807) is 11.3 Å². The van der Waals surface area contributed by atoms with E-state index in [0.29, 0.717) is 6.61 Å². The van der Waals surface area contributed by atoms with Crippen LogP contribution in [0.15, 0.2) is 41.8 Å². The van der Waals surface area contributed by atoms with E-state index in [-0.39, 0.29) is 0 Å². The van der Waals surface area contributed by atoms with E-state index in [4.69, 9.17) is 9.72 Å². The van der Waals surface area contributed by atoms with Gasteiger partial charge in [0.25, 0.3) is 0 Å². The Balaban J connectivity index is 1.79. The van der Waals surface area contributed by atoms with Gasteiger partial charge in [-0.2, -0.15) is 0 Å². The third-order valence-electron chi connectivity index (χ3n) is 4.04.